The molecule has 3 aliphatic heterocycles. The van der Waals surface area contributed by atoms with E-state index < -0.39 is 0 Å². The summed E-state index contributed by atoms with van der Waals surface area (Å²) in [6, 6.07) is 7.96. The van der Waals surface area contributed by atoms with Gasteiger partial charge in [-0.05, 0) is 31.4 Å². The van der Waals surface area contributed by atoms with E-state index in [9.17, 15) is 9.59 Å². The summed E-state index contributed by atoms with van der Waals surface area (Å²) in [6.07, 6.45) is 0.395. The van der Waals surface area contributed by atoms with Gasteiger partial charge in [-0.15, -0.1) is 0 Å². The van der Waals surface area contributed by atoms with Crippen LogP contribution < -0.4 is 10.2 Å². The Hall–Kier alpha value is -2.12. The minimum atomic E-state index is -0.333. The number of likely N-dealkylation sites (N-methyl/N-ethyl adjacent to an activating group) is 1. The lowest BCUT2D eigenvalue weighted by Crippen LogP contribution is -2.66. The van der Waals surface area contributed by atoms with Crippen molar-refractivity contribution < 1.29 is 9.59 Å². The number of hydrogen-bond acceptors (Lipinski definition) is 5. The van der Waals surface area contributed by atoms with Crippen molar-refractivity contribution in [3.8, 4) is 0 Å². The maximum absolute atomic E-state index is 13.2. The van der Waals surface area contributed by atoms with Gasteiger partial charge in [-0.1, -0.05) is 31.5 Å². The zero-order valence-corrected chi connectivity index (χ0v) is 16.6. The summed E-state index contributed by atoms with van der Waals surface area (Å²) in [6.45, 7) is 8.52. The van der Waals surface area contributed by atoms with Gasteiger partial charge in [0.25, 0.3) is 5.91 Å². The summed E-state index contributed by atoms with van der Waals surface area (Å²) >= 11 is 0. The van der Waals surface area contributed by atoms with Gasteiger partial charge in [-0.3, -0.25) is 19.9 Å². The van der Waals surface area contributed by atoms with Gasteiger partial charge in [0.05, 0.1) is 0 Å². The topological polar surface area (TPSA) is 59.1 Å². The molecule has 1 N–H and O–H groups in total. The van der Waals surface area contributed by atoms with Gasteiger partial charge in [0, 0.05) is 32.4 Å². The number of benzene rings is 1. The number of urea groups is 1. The first kappa shape index (κ1) is 18.3. The van der Waals surface area contributed by atoms with E-state index in [-0.39, 0.29) is 30.4 Å². The molecule has 0 radical (unpaired) electrons. The van der Waals surface area contributed by atoms with Gasteiger partial charge in [0.1, 0.15) is 18.5 Å². The van der Waals surface area contributed by atoms with Crippen LogP contribution in [0.5, 0.6) is 0 Å². The third-order valence-corrected chi connectivity index (χ3v) is 5.90. The largest absolute Gasteiger partial charge is 0.343 e. The van der Waals surface area contributed by atoms with Gasteiger partial charge < -0.3 is 9.80 Å². The van der Waals surface area contributed by atoms with Crippen LogP contribution in [0.2, 0.25) is 0 Å². The van der Waals surface area contributed by atoms with Gasteiger partial charge in [0.15, 0.2) is 0 Å². The summed E-state index contributed by atoms with van der Waals surface area (Å²) < 4.78 is 0. The highest BCUT2D eigenvalue weighted by Crippen LogP contribution is 2.34. The molecule has 1 aromatic rings. The average molecular weight is 371 g/mol. The molecule has 3 fully saturated rings. The Kier molecular flexibility index (Phi) is 4.60. The van der Waals surface area contributed by atoms with Crippen molar-refractivity contribution in [1.29, 1.82) is 0 Å². The Bertz CT molecular complexity index is 736. The lowest BCUT2D eigenvalue weighted by Gasteiger charge is -2.46. The lowest BCUT2D eigenvalue weighted by atomic mass is 10.0. The Balaban J connectivity index is 1.68. The number of aryl methyl sites for hydroxylation is 1. The molecule has 27 heavy (non-hydrogen) atoms. The average Bonchev–Trinajstić information content (AvgIpc) is 3.03. The van der Waals surface area contributed by atoms with Crippen LogP contribution in [0, 0.1) is 12.8 Å². The first-order valence-electron chi connectivity index (χ1n) is 9.85. The monoisotopic (exact) mass is 371 g/mol. The lowest BCUT2D eigenvalue weighted by molar-refractivity contribution is -0.138. The van der Waals surface area contributed by atoms with E-state index in [0.717, 1.165) is 25.2 Å². The molecule has 7 nitrogen and oxygen atoms in total. The molecule has 0 saturated carbocycles. The molecule has 4 rings (SSSR count). The SMILES string of the molecule is CCCN1C(=O)C2C(NC3N(c4ccc(C)cc4)CC(C)CN23)N(C)C1=O. The zero-order valence-electron chi connectivity index (χ0n) is 16.6. The Morgan fingerprint density at radius 1 is 1.15 bits per heavy atom. The van der Waals surface area contributed by atoms with Crippen molar-refractivity contribution in [2.24, 2.45) is 5.92 Å². The number of nitrogens with zero attached hydrogens (tertiary/aromatic N) is 4. The molecule has 0 aliphatic carbocycles. The molecule has 4 unspecified atom stereocenters. The van der Waals surface area contributed by atoms with E-state index in [2.05, 4.69) is 53.2 Å². The number of fused-ring (bicyclic) bond motifs is 3. The predicted octanol–water partition coefficient (Wildman–Crippen LogP) is 1.64. The molecular weight excluding hydrogens is 342 g/mol. The molecule has 0 spiro atoms. The van der Waals surface area contributed by atoms with Gasteiger partial charge >= 0.3 is 6.03 Å². The predicted molar refractivity (Wildman–Crippen MR) is 104 cm³/mol. The zero-order chi connectivity index (χ0) is 19.3. The molecule has 3 amide bonds. The highest BCUT2D eigenvalue weighted by atomic mass is 16.2. The van der Waals surface area contributed by atoms with E-state index >= 15 is 0 Å². The van der Waals surface area contributed by atoms with Crippen molar-refractivity contribution in [1.82, 2.24) is 20.0 Å². The normalized spacial score (nSPS) is 31.3. The molecule has 7 heteroatoms. The summed E-state index contributed by atoms with van der Waals surface area (Å²) in [5, 5.41) is 3.56. The second kappa shape index (κ2) is 6.80. The maximum Gasteiger partial charge on any atom is 0.327 e. The Morgan fingerprint density at radius 3 is 2.52 bits per heavy atom. The van der Waals surface area contributed by atoms with Crippen molar-refractivity contribution in [3.63, 3.8) is 0 Å². The number of amides is 3. The van der Waals surface area contributed by atoms with Crippen LogP contribution in [-0.4, -0.2) is 71.8 Å². The van der Waals surface area contributed by atoms with Crippen LogP contribution in [0.15, 0.2) is 24.3 Å². The molecule has 3 aliphatic rings. The number of imide groups is 1. The first-order chi connectivity index (χ1) is 12.9. The van der Waals surface area contributed by atoms with Gasteiger partial charge in [0.2, 0.25) is 0 Å². The molecule has 0 bridgehead atoms. The standard InChI is InChI=1S/C20H29N5O2/c1-5-10-23-18(26)16-17(22(4)20(23)27)21-19-24(11-14(3)12-25(16)19)15-8-6-13(2)7-9-15/h6-9,14,16-17,19,21H,5,10-12H2,1-4H3. The highest BCUT2D eigenvalue weighted by Gasteiger charge is 2.56. The minimum absolute atomic E-state index is 0.0714. The van der Waals surface area contributed by atoms with Crippen LogP contribution in [0.4, 0.5) is 10.5 Å². The first-order valence-corrected chi connectivity index (χ1v) is 9.85. The van der Waals surface area contributed by atoms with Crippen molar-refractivity contribution in [3.05, 3.63) is 29.8 Å². The van der Waals surface area contributed by atoms with E-state index in [0.29, 0.717) is 12.5 Å². The van der Waals surface area contributed by atoms with Gasteiger partial charge in [-0.25, -0.2) is 4.79 Å². The van der Waals surface area contributed by atoms with Crippen LogP contribution in [-0.2, 0) is 4.79 Å². The number of hydrogen-bond donors (Lipinski definition) is 1. The van der Waals surface area contributed by atoms with Crippen molar-refractivity contribution in [2.75, 3.05) is 31.6 Å². The fourth-order valence-corrected chi connectivity index (χ4v) is 4.58. The molecule has 0 aromatic heterocycles. The number of nitrogens with one attached hydrogen (secondary N) is 1. The Labute approximate surface area is 160 Å². The molecule has 3 saturated heterocycles. The van der Waals surface area contributed by atoms with Crippen LogP contribution in [0.1, 0.15) is 25.8 Å². The molecule has 1 aromatic carbocycles. The fourth-order valence-electron chi connectivity index (χ4n) is 4.58. The van der Waals surface area contributed by atoms with Crippen LogP contribution >= 0.6 is 0 Å². The third-order valence-electron chi connectivity index (χ3n) is 5.90. The van der Waals surface area contributed by atoms with Crippen molar-refractivity contribution in [2.45, 2.75) is 45.7 Å². The quantitative estimate of drug-likeness (QED) is 0.875. The van der Waals surface area contributed by atoms with E-state index in [1.807, 2.05) is 6.92 Å². The second-order valence-electron chi connectivity index (χ2n) is 8.10. The number of rotatable bonds is 3. The number of carbonyl (C=O) groups excluding carboxylic acids is 2. The molecule has 146 valence electrons. The number of carbonyl (C=O) groups is 2. The van der Waals surface area contributed by atoms with Crippen LogP contribution in [0.25, 0.3) is 0 Å². The van der Waals surface area contributed by atoms with Crippen LogP contribution in [0.3, 0.4) is 0 Å². The van der Waals surface area contributed by atoms with Crippen molar-refractivity contribution >= 4 is 17.6 Å². The molecule has 4 atom stereocenters. The third kappa shape index (κ3) is 2.89. The van der Waals surface area contributed by atoms with E-state index in [1.54, 1.807) is 11.9 Å². The van der Waals surface area contributed by atoms with E-state index in [4.69, 9.17) is 0 Å². The highest BCUT2D eigenvalue weighted by molar-refractivity contribution is 6.00. The second-order valence-corrected chi connectivity index (χ2v) is 8.10. The smallest absolute Gasteiger partial charge is 0.327 e. The summed E-state index contributed by atoms with van der Waals surface area (Å²) in [7, 11) is 1.79. The molecule has 3 heterocycles. The maximum atomic E-state index is 13.2. The number of anilines is 1. The summed E-state index contributed by atoms with van der Waals surface area (Å²) in [5.41, 5.74) is 2.37. The van der Waals surface area contributed by atoms with E-state index in [1.165, 1.54) is 10.5 Å². The van der Waals surface area contributed by atoms with Gasteiger partial charge in [-0.2, -0.15) is 0 Å². The summed E-state index contributed by atoms with van der Waals surface area (Å²) in [4.78, 5) is 33.5. The fraction of sp³-hybridized carbons (Fsp3) is 0.600. The summed E-state index contributed by atoms with van der Waals surface area (Å²) in [5.74, 6) is 0.358. The minimum Gasteiger partial charge on any atom is -0.343 e. The Morgan fingerprint density at radius 2 is 1.85 bits per heavy atom. The molecular formula is C20H29N5O2.